The summed E-state index contributed by atoms with van der Waals surface area (Å²) in [6.07, 6.45) is 2.00. The molecule has 1 N–H and O–H groups in total. The number of hydrogen-bond acceptors (Lipinski definition) is 2. The van der Waals surface area contributed by atoms with E-state index in [1.165, 1.54) is 5.56 Å². The second kappa shape index (κ2) is 6.22. The van der Waals surface area contributed by atoms with Gasteiger partial charge in [0.25, 0.3) is 0 Å². The van der Waals surface area contributed by atoms with Crippen LogP contribution in [0.5, 0.6) is 0 Å². The summed E-state index contributed by atoms with van der Waals surface area (Å²) < 4.78 is 1.91. The van der Waals surface area contributed by atoms with Gasteiger partial charge in [0.15, 0.2) is 0 Å². The van der Waals surface area contributed by atoms with Crippen molar-refractivity contribution >= 4 is 11.6 Å². The molecule has 0 saturated carbocycles. The molecule has 2 aromatic rings. The van der Waals surface area contributed by atoms with E-state index >= 15 is 0 Å². The Morgan fingerprint density at radius 1 is 1.32 bits per heavy atom. The van der Waals surface area contributed by atoms with E-state index in [2.05, 4.69) is 43.3 Å². The van der Waals surface area contributed by atoms with Gasteiger partial charge in [0, 0.05) is 17.8 Å². The van der Waals surface area contributed by atoms with E-state index in [4.69, 9.17) is 11.6 Å². The lowest BCUT2D eigenvalue weighted by molar-refractivity contribution is 0.711. The summed E-state index contributed by atoms with van der Waals surface area (Å²) in [6, 6.07) is 8.00. The Kier molecular flexibility index (Phi) is 4.61. The Balaban J connectivity index is 2.37. The first kappa shape index (κ1) is 14.1. The number of aromatic nitrogens is 2. The predicted molar refractivity (Wildman–Crippen MR) is 80.0 cm³/mol. The van der Waals surface area contributed by atoms with Gasteiger partial charge >= 0.3 is 0 Å². The van der Waals surface area contributed by atoms with Crippen LogP contribution in [0.25, 0.3) is 5.69 Å². The van der Waals surface area contributed by atoms with Gasteiger partial charge in [-0.2, -0.15) is 5.10 Å². The average Bonchev–Trinajstić information content (AvgIpc) is 2.87. The second-order valence-electron chi connectivity index (χ2n) is 4.89. The van der Waals surface area contributed by atoms with Crippen molar-refractivity contribution in [3.63, 3.8) is 0 Å². The summed E-state index contributed by atoms with van der Waals surface area (Å²) in [6.45, 7) is 8.15. The molecule has 0 atom stereocenters. The highest BCUT2D eigenvalue weighted by Crippen LogP contribution is 2.21. The van der Waals surface area contributed by atoms with Gasteiger partial charge in [0.1, 0.15) is 0 Å². The SMILES string of the molecule is CCNCc1ccc(Cl)cc1-n1ccc(C(C)C)n1. The van der Waals surface area contributed by atoms with Crippen LogP contribution in [0.15, 0.2) is 30.5 Å². The molecule has 1 aromatic heterocycles. The van der Waals surface area contributed by atoms with Crippen molar-refractivity contribution in [2.75, 3.05) is 6.54 Å². The quantitative estimate of drug-likeness (QED) is 0.902. The maximum absolute atomic E-state index is 6.11. The molecule has 19 heavy (non-hydrogen) atoms. The number of hydrogen-bond donors (Lipinski definition) is 1. The lowest BCUT2D eigenvalue weighted by Crippen LogP contribution is -2.14. The summed E-state index contributed by atoms with van der Waals surface area (Å²) >= 11 is 6.11. The summed E-state index contributed by atoms with van der Waals surface area (Å²) in [4.78, 5) is 0. The highest BCUT2D eigenvalue weighted by Gasteiger charge is 2.09. The fourth-order valence-corrected chi connectivity index (χ4v) is 2.11. The lowest BCUT2D eigenvalue weighted by atomic mass is 10.1. The minimum absolute atomic E-state index is 0.428. The number of benzene rings is 1. The number of nitrogens with zero attached hydrogens (tertiary/aromatic N) is 2. The normalized spacial score (nSPS) is 11.2. The maximum Gasteiger partial charge on any atom is 0.0705 e. The van der Waals surface area contributed by atoms with E-state index < -0.39 is 0 Å². The maximum atomic E-state index is 6.11. The van der Waals surface area contributed by atoms with Crippen LogP contribution in [-0.2, 0) is 6.54 Å². The van der Waals surface area contributed by atoms with E-state index in [9.17, 15) is 0 Å². The van der Waals surface area contributed by atoms with Crippen molar-refractivity contribution in [2.24, 2.45) is 0 Å². The number of rotatable bonds is 5. The van der Waals surface area contributed by atoms with Crippen LogP contribution in [0.1, 0.15) is 37.9 Å². The van der Waals surface area contributed by atoms with Gasteiger partial charge in [-0.15, -0.1) is 0 Å². The first-order valence-electron chi connectivity index (χ1n) is 6.67. The van der Waals surface area contributed by atoms with Gasteiger partial charge in [0.2, 0.25) is 0 Å². The zero-order valence-corrected chi connectivity index (χ0v) is 12.4. The average molecular weight is 278 g/mol. The highest BCUT2D eigenvalue weighted by atomic mass is 35.5. The Morgan fingerprint density at radius 3 is 2.74 bits per heavy atom. The molecule has 4 heteroatoms. The van der Waals surface area contributed by atoms with Crippen molar-refractivity contribution in [1.82, 2.24) is 15.1 Å². The zero-order chi connectivity index (χ0) is 13.8. The van der Waals surface area contributed by atoms with E-state index in [-0.39, 0.29) is 0 Å². The third-order valence-corrected chi connectivity index (χ3v) is 3.30. The molecule has 3 nitrogen and oxygen atoms in total. The molecular formula is C15H20ClN3. The number of nitrogens with one attached hydrogen (secondary N) is 1. The fraction of sp³-hybridized carbons (Fsp3) is 0.400. The van der Waals surface area contributed by atoms with Crippen LogP contribution in [0.2, 0.25) is 5.02 Å². The largest absolute Gasteiger partial charge is 0.313 e. The molecular weight excluding hydrogens is 258 g/mol. The molecule has 0 aliphatic carbocycles. The van der Waals surface area contributed by atoms with Crippen LogP contribution in [0, 0.1) is 0 Å². The summed E-state index contributed by atoms with van der Waals surface area (Å²) in [5, 5.41) is 8.69. The van der Waals surface area contributed by atoms with Crippen molar-refractivity contribution in [2.45, 2.75) is 33.2 Å². The molecule has 0 spiro atoms. The molecule has 0 saturated heterocycles. The van der Waals surface area contributed by atoms with Crippen molar-refractivity contribution < 1.29 is 0 Å². The second-order valence-corrected chi connectivity index (χ2v) is 5.33. The molecule has 1 heterocycles. The molecule has 0 unspecified atom stereocenters. The highest BCUT2D eigenvalue weighted by molar-refractivity contribution is 6.30. The Bertz CT molecular complexity index is 546. The monoisotopic (exact) mass is 277 g/mol. The smallest absolute Gasteiger partial charge is 0.0705 e. The molecule has 0 aliphatic rings. The first-order valence-corrected chi connectivity index (χ1v) is 7.04. The van der Waals surface area contributed by atoms with Crippen LogP contribution in [0.3, 0.4) is 0 Å². The molecule has 0 amide bonds. The standard InChI is InChI=1S/C15H20ClN3/c1-4-17-10-12-5-6-13(16)9-15(12)19-8-7-14(18-19)11(2)3/h5-9,11,17H,4,10H2,1-3H3. The van der Waals surface area contributed by atoms with Crippen LogP contribution >= 0.6 is 11.6 Å². The van der Waals surface area contributed by atoms with Gasteiger partial charge in [-0.3, -0.25) is 0 Å². The minimum atomic E-state index is 0.428. The van der Waals surface area contributed by atoms with Gasteiger partial charge in [0.05, 0.1) is 11.4 Å². The Labute approximate surface area is 119 Å². The van der Waals surface area contributed by atoms with Crippen molar-refractivity contribution in [3.8, 4) is 5.69 Å². The van der Waals surface area contributed by atoms with Crippen molar-refractivity contribution in [3.05, 3.63) is 46.7 Å². The predicted octanol–water partition coefficient (Wildman–Crippen LogP) is 3.76. The molecule has 0 aliphatic heterocycles. The summed E-state index contributed by atoms with van der Waals surface area (Å²) in [7, 11) is 0. The molecule has 1 aromatic carbocycles. The third-order valence-electron chi connectivity index (χ3n) is 3.06. The van der Waals surface area contributed by atoms with Crippen LogP contribution < -0.4 is 5.32 Å². The molecule has 0 fully saturated rings. The van der Waals surface area contributed by atoms with E-state index in [1.54, 1.807) is 0 Å². The van der Waals surface area contributed by atoms with Crippen molar-refractivity contribution in [1.29, 1.82) is 0 Å². The third kappa shape index (κ3) is 3.37. The van der Waals surface area contributed by atoms with Gasteiger partial charge in [-0.1, -0.05) is 38.4 Å². The molecule has 102 valence electrons. The Morgan fingerprint density at radius 2 is 2.11 bits per heavy atom. The van der Waals surface area contributed by atoms with Crippen LogP contribution in [-0.4, -0.2) is 16.3 Å². The van der Waals surface area contributed by atoms with Gasteiger partial charge in [-0.05, 0) is 36.2 Å². The van der Waals surface area contributed by atoms with E-state index in [1.807, 2.05) is 23.0 Å². The minimum Gasteiger partial charge on any atom is -0.313 e. The summed E-state index contributed by atoms with van der Waals surface area (Å²) in [5.74, 6) is 0.428. The van der Waals surface area contributed by atoms with E-state index in [0.717, 1.165) is 29.5 Å². The number of halogens is 1. The van der Waals surface area contributed by atoms with E-state index in [0.29, 0.717) is 5.92 Å². The first-order chi connectivity index (χ1) is 9.11. The topological polar surface area (TPSA) is 29.9 Å². The fourth-order valence-electron chi connectivity index (χ4n) is 1.94. The zero-order valence-electron chi connectivity index (χ0n) is 11.7. The molecule has 0 radical (unpaired) electrons. The van der Waals surface area contributed by atoms with Gasteiger partial charge < -0.3 is 5.32 Å². The van der Waals surface area contributed by atoms with Crippen LogP contribution in [0.4, 0.5) is 0 Å². The summed E-state index contributed by atoms with van der Waals surface area (Å²) in [5.41, 5.74) is 3.33. The molecule has 0 bridgehead atoms. The van der Waals surface area contributed by atoms with Gasteiger partial charge in [-0.25, -0.2) is 4.68 Å². The molecule has 2 rings (SSSR count). The Hall–Kier alpha value is -1.32. The lowest BCUT2D eigenvalue weighted by Gasteiger charge is -2.11.